The number of hydrogen-bond acceptors (Lipinski definition) is 4. The molecule has 2 aliphatic rings. The van der Waals surface area contributed by atoms with Crippen LogP contribution >= 0.6 is 27.5 Å². The first-order valence-electron chi connectivity index (χ1n) is 9.39. The maximum Gasteiger partial charge on any atom is 0.407 e. The molecule has 0 bridgehead atoms. The Morgan fingerprint density at radius 3 is 2.83 bits per heavy atom. The van der Waals surface area contributed by atoms with E-state index in [1.54, 1.807) is 36.9 Å². The van der Waals surface area contributed by atoms with Crippen LogP contribution in [0.25, 0.3) is 0 Å². The fraction of sp³-hybridized carbons (Fsp3) is 0.333. The van der Waals surface area contributed by atoms with Crippen molar-refractivity contribution in [2.75, 3.05) is 4.90 Å². The van der Waals surface area contributed by atoms with Crippen molar-refractivity contribution in [3.8, 4) is 11.5 Å². The van der Waals surface area contributed by atoms with E-state index >= 15 is 0 Å². The lowest BCUT2D eigenvalue weighted by Crippen LogP contribution is -2.52. The van der Waals surface area contributed by atoms with E-state index in [0.29, 0.717) is 35.1 Å². The highest BCUT2D eigenvalue weighted by Gasteiger charge is 2.43. The summed E-state index contributed by atoms with van der Waals surface area (Å²) in [6.45, 7) is 3.59. The number of alkyl carbamates (subject to hydrolysis) is 1. The summed E-state index contributed by atoms with van der Waals surface area (Å²) in [5, 5.41) is 3.44. The van der Waals surface area contributed by atoms with Crippen LogP contribution in [0.4, 0.5) is 10.5 Å². The minimum absolute atomic E-state index is 0.0480. The molecule has 0 aliphatic carbocycles. The normalized spacial score (nSPS) is 20.2. The summed E-state index contributed by atoms with van der Waals surface area (Å²) in [6, 6.07) is 10.1. The summed E-state index contributed by atoms with van der Waals surface area (Å²) < 4.78 is 12.3. The predicted molar refractivity (Wildman–Crippen MR) is 114 cm³/mol. The average molecular weight is 480 g/mol. The highest BCUT2D eigenvalue weighted by molar-refractivity contribution is 9.10. The zero-order chi connectivity index (χ0) is 20.7. The molecule has 1 fully saturated rings. The van der Waals surface area contributed by atoms with Gasteiger partial charge in [0.2, 0.25) is 5.91 Å². The molecule has 2 aliphatic heterocycles. The molecular weight excluding hydrogens is 460 g/mol. The third-order valence-electron chi connectivity index (χ3n) is 4.94. The second-order valence-electron chi connectivity index (χ2n) is 7.35. The van der Waals surface area contributed by atoms with E-state index in [2.05, 4.69) is 21.2 Å². The number of ether oxygens (including phenoxy) is 2. The number of piperidine rings is 1. The van der Waals surface area contributed by atoms with Gasteiger partial charge < -0.3 is 14.8 Å². The minimum Gasteiger partial charge on any atom is -0.455 e. The summed E-state index contributed by atoms with van der Waals surface area (Å²) in [6.07, 6.45) is 0.0468. The van der Waals surface area contributed by atoms with E-state index in [-0.39, 0.29) is 18.1 Å². The summed E-state index contributed by atoms with van der Waals surface area (Å²) in [5.74, 6) is 1.11. The number of benzene rings is 2. The Labute approximate surface area is 182 Å². The van der Waals surface area contributed by atoms with Gasteiger partial charge in [0.05, 0.1) is 23.9 Å². The van der Waals surface area contributed by atoms with Gasteiger partial charge in [-0.2, -0.15) is 0 Å². The Bertz CT molecular complexity index is 981. The number of anilines is 1. The molecule has 8 heteroatoms. The van der Waals surface area contributed by atoms with Crippen molar-refractivity contribution >= 4 is 45.2 Å². The van der Waals surface area contributed by atoms with Crippen LogP contribution in [0.15, 0.2) is 40.9 Å². The lowest BCUT2D eigenvalue weighted by molar-refractivity contribution is -0.120. The molecule has 4 rings (SSSR count). The van der Waals surface area contributed by atoms with Crippen molar-refractivity contribution in [2.45, 2.75) is 44.9 Å². The zero-order valence-corrected chi connectivity index (χ0v) is 18.3. The van der Waals surface area contributed by atoms with Crippen molar-refractivity contribution in [1.82, 2.24) is 5.32 Å². The molecule has 1 saturated heterocycles. The van der Waals surface area contributed by atoms with Gasteiger partial charge in [-0.3, -0.25) is 9.69 Å². The Morgan fingerprint density at radius 1 is 1.28 bits per heavy atom. The van der Waals surface area contributed by atoms with E-state index in [0.717, 1.165) is 10.0 Å². The SMILES string of the molecule is CC(C)OC(=O)N[C@H]1CCC(=O)N2c3cc(Cl)ccc3Oc3cc(Br)ccc3[C@@H]12. The van der Waals surface area contributed by atoms with Crippen LogP contribution in [0.3, 0.4) is 0 Å². The first-order chi connectivity index (χ1) is 13.8. The Kier molecular flexibility index (Phi) is 5.44. The summed E-state index contributed by atoms with van der Waals surface area (Å²) in [4.78, 5) is 27.0. The van der Waals surface area contributed by atoms with Gasteiger partial charge in [-0.05, 0) is 50.6 Å². The molecule has 0 saturated carbocycles. The highest BCUT2D eigenvalue weighted by atomic mass is 79.9. The Hall–Kier alpha value is -2.25. The number of nitrogens with one attached hydrogen (secondary N) is 1. The van der Waals surface area contributed by atoms with Crippen molar-refractivity contribution in [3.05, 3.63) is 51.5 Å². The molecule has 6 nitrogen and oxygen atoms in total. The molecule has 2 aromatic rings. The second kappa shape index (κ2) is 7.88. The van der Waals surface area contributed by atoms with Gasteiger partial charge in [-0.15, -0.1) is 0 Å². The van der Waals surface area contributed by atoms with Crippen molar-refractivity contribution in [1.29, 1.82) is 0 Å². The zero-order valence-electron chi connectivity index (χ0n) is 15.9. The number of amides is 2. The molecule has 1 N–H and O–H groups in total. The van der Waals surface area contributed by atoms with Crippen molar-refractivity contribution in [2.24, 2.45) is 0 Å². The molecule has 0 radical (unpaired) electrons. The van der Waals surface area contributed by atoms with Gasteiger partial charge in [0.15, 0.2) is 5.75 Å². The van der Waals surface area contributed by atoms with E-state index in [1.807, 2.05) is 18.2 Å². The van der Waals surface area contributed by atoms with Crippen LogP contribution in [0.1, 0.15) is 38.3 Å². The van der Waals surface area contributed by atoms with Gasteiger partial charge in [0, 0.05) is 21.5 Å². The van der Waals surface area contributed by atoms with Crippen molar-refractivity contribution < 1.29 is 19.1 Å². The number of hydrogen-bond donors (Lipinski definition) is 1. The number of carbonyl (C=O) groups excluding carboxylic acids is 2. The fourth-order valence-corrected chi connectivity index (χ4v) is 4.31. The fourth-order valence-electron chi connectivity index (χ4n) is 3.81. The summed E-state index contributed by atoms with van der Waals surface area (Å²) in [5.41, 5.74) is 1.40. The molecule has 2 heterocycles. The third-order valence-corrected chi connectivity index (χ3v) is 5.67. The van der Waals surface area contributed by atoms with Crippen LogP contribution in [0.5, 0.6) is 11.5 Å². The molecule has 29 heavy (non-hydrogen) atoms. The predicted octanol–water partition coefficient (Wildman–Crippen LogP) is 5.58. The first-order valence-corrected chi connectivity index (χ1v) is 10.6. The maximum absolute atomic E-state index is 13.0. The molecule has 0 spiro atoms. The van der Waals surface area contributed by atoms with Gasteiger partial charge in [0.25, 0.3) is 0 Å². The third kappa shape index (κ3) is 3.94. The highest BCUT2D eigenvalue weighted by Crippen LogP contribution is 2.49. The van der Waals surface area contributed by atoms with Crippen LogP contribution in [-0.2, 0) is 9.53 Å². The van der Waals surface area contributed by atoms with Gasteiger partial charge in [0.1, 0.15) is 5.75 Å². The average Bonchev–Trinajstić information content (AvgIpc) is 2.78. The van der Waals surface area contributed by atoms with Gasteiger partial charge in [-0.1, -0.05) is 33.6 Å². The molecular formula is C21H20BrClN2O4. The maximum atomic E-state index is 13.0. The quantitative estimate of drug-likeness (QED) is 0.610. The smallest absolute Gasteiger partial charge is 0.407 e. The number of nitrogens with zero attached hydrogens (tertiary/aromatic N) is 1. The topological polar surface area (TPSA) is 67.9 Å². The van der Waals surface area contributed by atoms with Gasteiger partial charge >= 0.3 is 6.09 Å². The van der Waals surface area contributed by atoms with E-state index in [1.165, 1.54) is 0 Å². The lowest BCUT2D eigenvalue weighted by atomic mass is 9.89. The Morgan fingerprint density at radius 2 is 2.07 bits per heavy atom. The van der Waals surface area contributed by atoms with E-state index in [9.17, 15) is 9.59 Å². The van der Waals surface area contributed by atoms with Crippen LogP contribution in [-0.4, -0.2) is 24.1 Å². The van der Waals surface area contributed by atoms with Crippen molar-refractivity contribution in [3.63, 3.8) is 0 Å². The molecule has 2 amide bonds. The Balaban J connectivity index is 1.84. The van der Waals surface area contributed by atoms with Crippen LogP contribution in [0, 0.1) is 0 Å². The first kappa shape index (κ1) is 20.0. The van der Waals surface area contributed by atoms with Crippen LogP contribution in [0.2, 0.25) is 5.02 Å². The number of rotatable bonds is 2. The van der Waals surface area contributed by atoms with E-state index in [4.69, 9.17) is 21.1 Å². The molecule has 152 valence electrons. The molecule has 2 atom stereocenters. The van der Waals surface area contributed by atoms with Crippen LogP contribution < -0.4 is 15.0 Å². The molecule has 0 aromatic heterocycles. The number of carbonyl (C=O) groups is 2. The molecule has 2 aromatic carbocycles. The number of halogens is 2. The molecule has 0 unspecified atom stereocenters. The second-order valence-corrected chi connectivity index (χ2v) is 8.70. The van der Waals surface area contributed by atoms with E-state index < -0.39 is 12.1 Å². The lowest BCUT2D eigenvalue weighted by Gasteiger charge is -2.40. The summed E-state index contributed by atoms with van der Waals surface area (Å²) >= 11 is 9.71. The standard InChI is InChI=1S/C21H20BrClN2O4/c1-11(2)28-21(27)24-15-6-8-19(26)25-16-10-13(23)4-7-17(16)29-18-9-12(22)3-5-14(18)20(15)25/h3-5,7,9-11,15,20H,6,8H2,1-2H3,(H,24,27)/t15-,20-/m0/s1. The summed E-state index contributed by atoms with van der Waals surface area (Å²) in [7, 11) is 0. The minimum atomic E-state index is -0.505. The monoisotopic (exact) mass is 478 g/mol. The largest absolute Gasteiger partial charge is 0.455 e. The number of fused-ring (bicyclic) bond motifs is 5. The van der Waals surface area contributed by atoms with Gasteiger partial charge in [-0.25, -0.2) is 4.79 Å².